The Hall–Kier alpha value is -0.870. The highest BCUT2D eigenvalue weighted by molar-refractivity contribution is 6.34. The van der Waals surface area contributed by atoms with Gasteiger partial charge in [0.25, 0.3) is 5.91 Å². The number of aromatic nitrogens is 2. The van der Waals surface area contributed by atoms with Gasteiger partial charge in [0.05, 0.1) is 5.56 Å². The highest BCUT2D eigenvalue weighted by atomic mass is 35.5. The summed E-state index contributed by atoms with van der Waals surface area (Å²) in [5.74, 6) is -0.163. The summed E-state index contributed by atoms with van der Waals surface area (Å²) in [4.78, 5) is 14.0. The molecule has 0 atom stereocenters. The SMILES string of the molecule is CCCN(C(=O)c1cc(Cl)nnc1Cl)C(C)C. The zero-order valence-corrected chi connectivity index (χ0v) is 11.6. The van der Waals surface area contributed by atoms with E-state index in [2.05, 4.69) is 10.2 Å². The summed E-state index contributed by atoms with van der Waals surface area (Å²) in [5, 5.41) is 7.47. The molecule has 6 heteroatoms. The smallest absolute Gasteiger partial charge is 0.257 e. The minimum absolute atomic E-state index is 0.0844. The van der Waals surface area contributed by atoms with Crippen LogP contribution >= 0.6 is 23.2 Å². The second-order valence-electron chi connectivity index (χ2n) is 3.96. The average Bonchev–Trinajstić information content (AvgIpc) is 2.28. The molecule has 0 saturated heterocycles. The van der Waals surface area contributed by atoms with Gasteiger partial charge in [0.1, 0.15) is 0 Å². The summed E-state index contributed by atoms with van der Waals surface area (Å²) in [5.41, 5.74) is 0.300. The second-order valence-corrected chi connectivity index (χ2v) is 4.71. The third-order valence-corrected chi connectivity index (χ3v) is 2.76. The van der Waals surface area contributed by atoms with Gasteiger partial charge in [0, 0.05) is 12.6 Å². The molecule has 0 aliphatic carbocycles. The number of carbonyl (C=O) groups is 1. The molecule has 4 nitrogen and oxygen atoms in total. The van der Waals surface area contributed by atoms with Crippen LogP contribution in [0.15, 0.2) is 6.07 Å². The van der Waals surface area contributed by atoms with Crippen LogP contribution in [-0.4, -0.2) is 33.6 Å². The fourth-order valence-electron chi connectivity index (χ4n) is 1.49. The summed E-state index contributed by atoms with van der Waals surface area (Å²) in [6, 6.07) is 1.55. The molecule has 1 heterocycles. The normalized spacial score (nSPS) is 10.7. The first-order valence-corrected chi connectivity index (χ1v) is 6.22. The number of amides is 1. The fourth-order valence-corrected chi connectivity index (χ4v) is 1.81. The molecule has 17 heavy (non-hydrogen) atoms. The lowest BCUT2D eigenvalue weighted by molar-refractivity contribution is 0.0705. The van der Waals surface area contributed by atoms with Crippen molar-refractivity contribution in [2.24, 2.45) is 0 Å². The van der Waals surface area contributed by atoms with Crippen LogP contribution in [0.2, 0.25) is 10.3 Å². The van der Waals surface area contributed by atoms with E-state index in [1.54, 1.807) is 4.90 Å². The number of halogens is 2. The molecule has 94 valence electrons. The van der Waals surface area contributed by atoms with Crippen molar-refractivity contribution in [1.29, 1.82) is 0 Å². The maximum Gasteiger partial charge on any atom is 0.257 e. The van der Waals surface area contributed by atoms with Crippen LogP contribution in [0, 0.1) is 0 Å². The first-order chi connectivity index (χ1) is 7.97. The molecule has 0 bridgehead atoms. The third kappa shape index (κ3) is 3.54. The number of nitrogens with zero attached hydrogens (tertiary/aromatic N) is 3. The molecule has 0 radical (unpaired) electrons. The van der Waals surface area contributed by atoms with Crippen molar-refractivity contribution in [3.8, 4) is 0 Å². The summed E-state index contributed by atoms with van der Waals surface area (Å²) >= 11 is 11.6. The van der Waals surface area contributed by atoms with Crippen LogP contribution in [-0.2, 0) is 0 Å². The summed E-state index contributed by atoms with van der Waals surface area (Å²) in [6.45, 7) is 6.60. The van der Waals surface area contributed by atoms with Crippen molar-refractivity contribution in [2.75, 3.05) is 6.54 Å². The molecule has 0 saturated carbocycles. The van der Waals surface area contributed by atoms with Crippen molar-refractivity contribution in [3.63, 3.8) is 0 Å². The topological polar surface area (TPSA) is 46.1 Å². The molecular formula is C11H15Cl2N3O. The van der Waals surface area contributed by atoms with Gasteiger partial charge in [-0.15, -0.1) is 10.2 Å². The Morgan fingerprint density at radius 2 is 2.06 bits per heavy atom. The Bertz CT molecular complexity index is 410. The molecular weight excluding hydrogens is 261 g/mol. The summed E-state index contributed by atoms with van der Waals surface area (Å²) in [6.07, 6.45) is 0.883. The van der Waals surface area contributed by atoms with E-state index in [9.17, 15) is 4.79 Å². The second kappa shape index (κ2) is 6.17. The van der Waals surface area contributed by atoms with E-state index < -0.39 is 0 Å². The number of hydrogen-bond donors (Lipinski definition) is 0. The molecule has 0 aliphatic heterocycles. The predicted octanol–water partition coefficient (Wildman–Crippen LogP) is 3.04. The van der Waals surface area contributed by atoms with Gasteiger partial charge in [0.2, 0.25) is 0 Å². The zero-order chi connectivity index (χ0) is 13.0. The van der Waals surface area contributed by atoms with Crippen molar-refractivity contribution >= 4 is 29.1 Å². The lowest BCUT2D eigenvalue weighted by atomic mass is 10.2. The minimum atomic E-state index is -0.163. The first-order valence-electron chi connectivity index (χ1n) is 5.47. The van der Waals surface area contributed by atoms with E-state index in [4.69, 9.17) is 23.2 Å². The van der Waals surface area contributed by atoms with Crippen molar-refractivity contribution < 1.29 is 4.79 Å². The van der Waals surface area contributed by atoms with Gasteiger partial charge >= 0.3 is 0 Å². The van der Waals surface area contributed by atoms with Gasteiger partial charge in [-0.3, -0.25) is 4.79 Å². The molecule has 0 aromatic carbocycles. The monoisotopic (exact) mass is 275 g/mol. The third-order valence-electron chi connectivity index (χ3n) is 2.30. The lowest BCUT2D eigenvalue weighted by Gasteiger charge is -2.26. The minimum Gasteiger partial charge on any atom is -0.336 e. The number of carbonyl (C=O) groups excluding carboxylic acids is 1. The van der Waals surface area contributed by atoms with Gasteiger partial charge in [0.15, 0.2) is 10.3 Å². The van der Waals surface area contributed by atoms with Crippen molar-refractivity contribution in [2.45, 2.75) is 33.2 Å². The van der Waals surface area contributed by atoms with Crippen LogP contribution in [0.25, 0.3) is 0 Å². The van der Waals surface area contributed by atoms with Crippen LogP contribution < -0.4 is 0 Å². The van der Waals surface area contributed by atoms with Crippen LogP contribution in [0.1, 0.15) is 37.6 Å². The van der Waals surface area contributed by atoms with Crippen LogP contribution in [0.5, 0.6) is 0 Å². The van der Waals surface area contributed by atoms with Gasteiger partial charge in [-0.1, -0.05) is 30.1 Å². The zero-order valence-electron chi connectivity index (χ0n) is 10.1. The molecule has 1 rings (SSSR count). The first kappa shape index (κ1) is 14.2. The molecule has 1 aromatic heterocycles. The van der Waals surface area contributed by atoms with Gasteiger partial charge in [-0.05, 0) is 26.3 Å². The molecule has 0 unspecified atom stereocenters. The fraction of sp³-hybridized carbons (Fsp3) is 0.545. The number of rotatable bonds is 4. The molecule has 0 aliphatic rings. The summed E-state index contributed by atoms with van der Waals surface area (Å²) in [7, 11) is 0. The molecule has 1 amide bonds. The van der Waals surface area contributed by atoms with E-state index in [-0.39, 0.29) is 22.3 Å². The van der Waals surface area contributed by atoms with Gasteiger partial charge in [-0.2, -0.15) is 0 Å². The lowest BCUT2D eigenvalue weighted by Crippen LogP contribution is -2.37. The molecule has 1 aromatic rings. The average molecular weight is 276 g/mol. The maximum atomic E-state index is 12.3. The van der Waals surface area contributed by atoms with Crippen molar-refractivity contribution in [1.82, 2.24) is 15.1 Å². The Labute approximate surface area is 111 Å². The Balaban J connectivity index is 3.04. The Morgan fingerprint density at radius 3 is 2.59 bits per heavy atom. The van der Waals surface area contributed by atoms with E-state index in [0.717, 1.165) is 6.42 Å². The van der Waals surface area contributed by atoms with Gasteiger partial charge < -0.3 is 4.90 Å². The molecule has 0 N–H and O–H groups in total. The van der Waals surface area contributed by atoms with E-state index >= 15 is 0 Å². The van der Waals surface area contributed by atoms with E-state index in [1.165, 1.54) is 6.07 Å². The molecule has 0 fully saturated rings. The predicted molar refractivity (Wildman–Crippen MR) is 68.5 cm³/mol. The number of hydrogen-bond acceptors (Lipinski definition) is 3. The largest absolute Gasteiger partial charge is 0.336 e. The maximum absolute atomic E-state index is 12.3. The van der Waals surface area contributed by atoms with Crippen LogP contribution in [0.3, 0.4) is 0 Å². The van der Waals surface area contributed by atoms with Gasteiger partial charge in [-0.25, -0.2) is 0 Å². The van der Waals surface area contributed by atoms with Crippen LogP contribution in [0.4, 0.5) is 0 Å². The Kier molecular flexibility index (Phi) is 5.15. The Morgan fingerprint density at radius 1 is 1.41 bits per heavy atom. The molecule has 0 spiro atoms. The van der Waals surface area contributed by atoms with E-state index in [0.29, 0.717) is 12.1 Å². The highest BCUT2D eigenvalue weighted by Crippen LogP contribution is 2.18. The van der Waals surface area contributed by atoms with E-state index in [1.807, 2.05) is 20.8 Å². The summed E-state index contributed by atoms with van der Waals surface area (Å²) < 4.78 is 0. The quantitative estimate of drug-likeness (QED) is 0.849. The highest BCUT2D eigenvalue weighted by Gasteiger charge is 2.21. The standard InChI is InChI=1S/C11H15Cl2N3O/c1-4-5-16(7(2)3)11(17)8-6-9(12)14-15-10(8)13/h6-7H,4-5H2,1-3H3. The van der Waals surface area contributed by atoms with Crippen molar-refractivity contribution in [3.05, 3.63) is 21.9 Å².